The third kappa shape index (κ3) is 4.26. The smallest absolute Gasteiger partial charge is 0.257 e. The van der Waals surface area contributed by atoms with E-state index in [0.29, 0.717) is 22.0 Å². The molecule has 0 atom stereocenters. The average Bonchev–Trinajstić information content (AvgIpc) is 2.68. The number of ether oxygens (including phenoxy) is 1. The number of hydrogen-bond acceptors (Lipinski definition) is 5. The zero-order valence-electron chi connectivity index (χ0n) is 15.0. The summed E-state index contributed by atoms with van der Waals surface area (Å²) in [6, 6.07) is 8.83. The third-order valence-corrected chi connectivity index (χ3v) is 4.86. The molecule has 2 heterocycles. The number of methoxy groups -OCH3 is 1. The van der Waals surface area contributed by atoms with Gasteiger partial charge in [0.2, 0.25) is 0 Å². The summed E-state index contributed by atoms with van der Waals surface area (Å²) in [6.45, 7) is 7.25. The Morgan fingerprint density at radius 1 is 1.23 bits per heavy atom. The van der Waals surface area contributed by atoms with Crippen molar-refractivity contribution in [3.63, 3.8) is 0 Å². The van der Waals surface area contributed by atoms with Crippen LogP contribution in [0.15, 0.2) is 36.5 Å². The van der Waals surface area contributed by atoms with Gasteiger partial charge >= 0.3 is 0 Å². The lowest BCUT2D eigenvalue weighted by Crippen LogP contribution is -2.46. The molecule has 2 aromatic rings. The second-order valence-corrected chi connectivity index (χ2v) is 6.54. The molecule has 1 aliphatic heterocycles. The quantitative estimate of drug-likeness (QED) is 0.871. The summed E-state index contributed by atoms with van der Waals surface area (Å²) in [6.07, 6.45) is 1.61. The number of nitrogens with one attached hydrogen (secondary N) is 1. The molecule has 1 aromatic heterocycles. The van der Waals surface area contributed by atoms with Gasteiger partial charge in [-0.25, -0.2) is 4.98 Å². The molecule has 1 aromatic carbocycles. The molecule has 0 spiro atoms. The van der Waals surface area contributed by atoms with Gasteiger partial charge in [-0.15, -0.1) is 0 Å². The fraction of sp³-hybridized carbons (Fsp3) is 0.368. The highest BCUT2D eigenvalue weighted by Crippen LogP contribution is 2.27. The van der Waals surface area contributed by atoms with Crippen LogP contribution < -0.4 is 15.0 Å². The van der Waals surface area contributed by atoms with Crippen molar-refractivity contribution < 1.29 is 9.53 Å². The van der Waals surface area contributed by atoms with E-state index in [-0.39, 0.29) is 5.91 Å². The summed E-state index contributed by atoms with van der Waals surface area (Å²) in [4.78, 5) is 21.5. The summed E-state index contributed by atoms with van der Waals surface area (Å²) in [5.41, 5.74) is 1.12. The van der Waals surface area contributed by atoms with Gasteiger partial charge in [0.25, 0.3) is 5.91 Å². The summed E-state index contributed by atoms with van der Waals surface area (Å²) >= 11 is 6.09. The number of halogens is 1. The molecule has 1 amide bonds. The Bertz CT molecular complexity index is 759. The van der Waals surface area contributed by atoms with Crippen LogP contribution in [0.5, 0.6) is 5.75 Å². The van der Waals surface area contributed by atoms with E-state index < -0.39 is 0 Å². The molecular formula is C19H23ClN4O2. The van der Waals surface area contributed by atoms with E-state index in [2.05, 4.69) is 27.0 Å². The minimum Gasteiger partial charge on any atom is -0.495 e. The number of rotatable bonds is 5. The Balaban J connectivity index is 1.63. The normalized spacial score (nSPS) is 15.0. The van der Waals surface area contributed by atoms with E-state index >= 15 is 0 Å². The summed E-state index contributed by atoms with van der Waals surface area (Å²) in [7, 11) is 1.55. The van der Waals surface area contributed by atoms with E-state index in [1.165, 1.54) is 0 Å². The summed E-state index contributed by atoms with van der Waals surface area (Å²) in [5.74, 6) is 1.25. The second kappa shape index (κ2) is 8.38. The first-order chi connectivity index (χ1) is 12.6. The van der Waals surface area contributed by atoms with Crippen LogP contribution in [0.3, 0.4) is 0 Å². The molecule has 0 radical (unpaired) electrons. The first-order valence-corrected chi connectivity index (χ1v) is 9.06. The topological polar surface area (TPSA) is 57.7 Å². The average molecular weight is 375 g/mol. The SMILES string of the molecule is CCN1CCN(c2ccc(C(=O)Nc3ccc(OC)c(Cl)c3)cn2)CC1. The van der Waals surface area contributed by atoms with Crippen molar-refractivity contribution >= 4 is 29.0 Å². The van der Waals surface area contributed by atoms with E-state index in [1.54, 1.807) is 37.6 Å². The number of hydrogen-bond donors (Lipinski definition) is 1. The third-order valence-electron chi connectivity index (χ3n) is 4.56. The lowest BCUT2D eigenvalue weighted by atomic mass is 10.2. The van der Waals surface area contributed by atoms with Crippen LogP contribution in [0.4, 0.5) is 11.5 Å². The molecule has 1 N–H and O–H groups in total. The van der Waals surface area contributed by atoms with Crippen molar-refractivity contribution in [1.82, 2.24) is 9.88 Å². The number of piperazine rings is 1. The maximum atomic E-state index is 12.4. The van der Waals surface area contributed by atoms with Gasteiger partial charge in [0.05, 0.1) is 17.7 Å². The molecular weight excluding hydrogens is 352 g/mol. The van der Waals surface area contributed by atoms with Gasteiger partial charge in [0.1, 0.15) is 11.6 Å². The number of carbonyl (C=O) groups is 1. The monoisotopic (exact) mass is 374 g/mol. The molecule has 1 aliphatic rings. The molecule has 3 rings (SSSR count). The molecule has 26 heavy (non-hydrogen) atoms. The molecule has 1 saturated heterocycles. The van der Waals surface area contributed by atoms with Crippen molar-refractivity contribution in [2.45, 2.75) is 6.92 Å². The number of amides is 1. The fourth-order valence-corrected chi connectivity index (χ4v) is 3.21. The number of nitrogens with zero attached hydrogens (tertiary/aromatic N) is 3. The number of pyridine rings is 1. The van der Waals surface area contributed by atoms with Gasteiger partial charge in [0, 0.05) is 38.1 Å². The Morgan fingerprint density at radius 2 is 2.00 bits per heavy atom. The Hall–Kier alpha value is -2.31. The predicted molar refractivity (Wildman–Crippen MR) is 105 cm³/mol. The van der Waals surface area contributed by atoms with E-state index in [0.717, 1.165) is 38.5 Å². The highest BCUT2D eigenvalue weighted by molar-refractivity contribution is 6.32. The molecule has 0 aliphatic carbocycles. The standard InChI is InChI=1S/C19H23ClN4O2/c1-3-23-8-10-24(11-9-23)18-7-4-14(13-21-18)19(25)22-15-5-6-17(26-2)16(20)12-15/h4-7,12-13H,3,8-11H2,1-2H3,(H,22,25). The van der Waals surface area contributed by atoms with E-state index in [4.69, 9.17) is 16.3 Å². The van der Waals surface area contributed by atoms with Crippen molar-refractivity contribution in [2.24, 2.45) is 0 Å². The molecule has 7 heteroatoms. The molecule has 138 valence electrons. The van der Waals surface area contributed by atoms with Crippen molar-refractivity contribution in [3.05, 3.63) is 47.1 Å². The van der Waals surface area contributed by atoms with Gasteiger partial charge in [-0.2, -0.15) is 0 Å². The largest absolute Gasteiger partial charge is 0.495 e. The summed E-state index contributed by atoms with van der Waals surface area (Å²) < 4.78 is 5.11. The lowest BCUT2D eigenvalue weighted by molar-refractivity contribution is 0.102. The fourth-order valence-electron chi connectivity index (χ4n) is 2.95. The van der Waals surface area contributed by atoms with E-state index in [9.17, 15) is 4.79 Å². The van der Waals surface area contributed by atoms with Crippen molar-refractivity contribution in [2.75, 3.05) is 50.1 Å². The predicted octanol–water partition coefficient (Wildman–Crippen LogP) is 3.14. The molecule has 0 unspecified atom stereocenters. The van der Waals surface area contributed by atoms with Crippen LogP contribution in [0.25, 0.3) is 0 Å². The zero-order chi connectivity index (χ0) is 18.5. The number of aromatic nitrogens is 1. The maximum Gasteiger partial charge on any atom is 0.257 e. The van der Waals surface area contributed by atoms with Crippen LogP contribution in [0, 0.1) is 0 Å². The minimum absolute atomic E-state index is 0.221. The number of likely N-dealkylation sites (N-methyl/N-ethyl adjacent to an activating group) is 1. The van der Waals surface area contributed by atoms with Crippen LogP contribution in [0.2, 0.25) is 5.02 Å². The number of anilines is 2. The highest BCUT2D eigenvalue weighted by Gasteiger charge is 2.17. The van der Waals surface area contributed by atoms with Gasteiger partial charge < -0.3 is 19.9 Å². The molecule has 1 fully saturated rings. The zero-order valence-corrected chi connectivity index (χ0v) is 15.8. The molecule has 0 saturated carbocycles. The number of benzene rings is 1. The van der Waals surface area contributed by atoms with Gasteiger partial charge in [0.15, 0.2) is 0 Å². The van der Waals surface area contributed by atoms with Crippen molar-refractivity contribution in [1.29, 1.82) is 0 Å². The second-order valence-electron chi connectivity index (χ2n) is 6.13. The first kappa shape index (κ1) is 18.5. The van der Waals surface area contributed by atoms with Gasteiger partial charge in [-0.3, -0.25) is 4.79 Å². The molecule has 0 bridgehead atoms. The Kier molecular flexibility index (Phi) is 5.96. The Morgan fingerprint density at radius 3 is 2.58 bits per heavy atom. The maximum absolute atomic E-state index is 12.4. The number of carbonyl (C=O) groups excluding carboxylic acids is 1. The molecule has 6 nitrogen and oxygen atoms in total. The highest BCUT2D eigenvalue weighted by atomic mass is 35.5. The van der Waals surface area contributed by atoms with Crippen LogP contribution in [-0.4, -0.2) is 55.6 Å². The minimum atomic E-state index is -0.221. The lowest BCUT2D eigenvalue weighted by Gasteiger charge is -2.34. The van der Waals surface area contributed by atoms with Crippen LogP contribution in [-0.2, 0) is 0 Å². The van der Waals surface area contributed by atoms with Gasteiger partial charge in [-0.1, -0.05) is 18.5 Å². The Labute approximate surface area is 158 Å². The van der Waals surface area contributed by atoms with Gasteiger partial charge in [-0.05, 0) is 36.9 Å². The van der Waals surface area contributed by atoms with E-state index in [1.807, 2.05) is 6.07 Å². The summed E-state index contributed by atoms with van der Waals surface area (Å²) in [5, 5.41) is 3.27. The first-order valence-electron chi connectivity index (χ1n) is 8.69. The van der Waals surface area contributed by atoms with Crippen LogP contribution >= 0.6 is 11.6 Å². The van der Waals surface area contributed by atoms with Crippen LogP contribution in [0.1, 0.15) is 17.3 Å². The van der Waals surface area contributed by atoms with Crippen molar-refractivity contribution in [3.8, 4) is 5.75 Å².